The lowest BCUT2D eigenvalue weighted by molar-refractivity contribution is -0.134. The predicted molar refractivity (Wildman–Crippen MR) is 81.6 cm³/mol. The van der Waals surface area contributed by atoms with E-state index in [2.05, 4.69) is 0 Å². The maximum absolute atomic E-state index is 13.2. The maximum Gasteiger partial charge on any atom is 0.335 e. The van der Waals surface area contributed by atoms with Gasteiger partial charge in [-0.15, -0.1) is 0 Å². The van der Waals surface area contributed by atoms with E-state index in [0.29, 0.717) is 0 Å². The zero-order valence-electron chi connectivity index (χ0n) is 13.0. The smallest absolute Gasteiger partial charge is 0.335 e. The summed E-state index contributed by atoms with van der Waals surface area (Å²) in [6.07, 6.45) is 0. The van der Waals surface area contributed by atoms with Crippen molar-refractivity contribution in [3.05, 3.63) is 53.8 Å². The molecule has 0 aliphatic carbocycles. The molecule has 6 heteroatoms. The number of methoxy groups -OCH3 is 1. The summed E-state index contributed by atoms with van der Waals surface area (Å²) in [7, 11) is 1.48. The molecule has 23 heavy (non-hydrogen) atoms. The van der Waals surface area contributed by atoms with Crippen molar-refractivity contribution in [3.63, 3.8) is 0 Å². The highest BCUT2D eigenvalue weighted by atomic mass is 19.1. The van der Waals surface area contributed by atoms with Gasteiger partial charge in [0.15, 0.2) is 0 Å². The third kappa shape index (κ3) is 4.69. The molecule has 0 aromatic heterocycles. The number of rotatable bonds is 6. The van der Waals surface area contributed by atoms with Gasteiger partial charge in [-0.2, -0.15) is 0 Å². The molecule has 122 valence electrons. The lowest BCUT2D eigenvalue weighted by atomic mass is 10.2. The van der Waals surface area contributed by atoms with Gasteiger partial charge >= 0.3 is 5.97 Å². The summed E-state index contributed by atoms with van der Waals surface area (Å²) in [4.78, 5) is 11.2. The van der Waals surface area contributed by atoms with Gasteiger partial charge in [0.2, 0.25) is 5.79 Å². The zero-order chi connectivity index (χ0) is 17.0. The van der Waals surface area contributed by atoms with Crippen molar-refractivity contribution in [3.8, 4) is 17.2 Å². The largest absolute Gasteiger partial charge is 0.478 e. The first-order chi connectivity index (χ1) is 10.8. The van der Waals surface area contributed by atoms with Crippen LogP contribution in [0.25, 0.3) is 0 Å². The molecule has 0 bridgehead atoms. The minimum absolute atomic E-state index is 0.0131. The van der Waals surface area contributed by atoms with Crippen LogP contribution in [-0.4, -0.2) is 24.0 Å². The van der Waals surface area contributed by atoms with Gasteiger partial charge < -0.3 is 19.3 Å². The Labute approximate surface area is 133 Å². The second-order valence-electron chi connectivity index (χ2n) is 5.26. The Hall–Kier alpha value is -2.60. The molecule has 2 aromatic carbocycles. The third-order valence-corrected chi connectivity index (χ3v) is 3.01. The fourth-order valence-electron chi connectivity index (χ4n) is 1.81. The van der Waals surface area contributed by atoms with E-state index in [1.165, 1.54) is 43.5 Å². The second-order valence-corrected chi connectivity index (χ2v) is 5.26. The van der Waals surface area contributed by atoms with Gasteiger partial charge in [0.1, 0.15) is 23.1 Å². The minimum Gasteiger partial charge on any atom is -0.478 e. The topological polar surface area (TPSA) is 65.0 Å². The van der Waals surface area contributed by atoms with Crippen molar-refractivity contribution in [2.45, 2.75) is 19.6 Å². The fourth-order valence-corrected chi connectivity index (χ4v) is 1.81. The van der Waals surface area contributed by atoms with Crippen LogP contribution in [0.1, 0.15) is 24.2 Å². The van der Waals surface area contributed by atoms with Gasteiger partial charge in [0.25, 0.3) is 0 Å². The van der Waals surface area contributed by atoms with Crippen LogP contribution in [0.4, 0.5) is 4.39 Å². The predicted octanol–water partition coefficient (Wildman–Crippen LogP) is 4.08. The highest BCUT2D eigenvalue weighted by Gasteiger charge is 2.20. The highest BCUT2D eigenvalue weighted by Crippen LogP contribution is 2.30. The summed E-state index contributed by atoms with van der Waals surface area (Å²) in [5, 5.41) is 9.20. The number of hydrogen-bond acceptors (Lipinski definition) is 4. The summed E-state index contributed by atoms with van der Waals surface area (Å²) in [5.74, 6) is -1.78. The molecule has 0 aliphatic rings. The number of hydrogen-bond donors (Lipinski definition) is 1. The molecule has 0 saturated heterocycles. The Bertz CT molecular complexity index is 712. The molecule has 2 aromatic rings. The number of aromatic carboxylic acids is 1. The van der Waals surface area contributed by atoms with Crippen molar-refractivity contribution in [1.29, 1.82) is 0 Å². The second kappa shape index (κ2) is 6.66. The van der Waals surface area contributed by atoms with Crippen LogP contribution in [0.15, 0.2) is 42.5 Å². The molecule has 0 amide bonds. The molecule has 0 heterocycles. The van der Waals surface area contributed by atoms with Crippen LogP contribution in [0.2, 0.25) is 0 Å². The van der Waals surface area contributed by atoms with E-state index in [1.54, 1.807) is 19.9 Å². The monoisotopic (exact) mass is 320 g/mol. The molecule has 1 N–H and O–H groups in total. The van der Waals surface area contributed by atoms with Crippen LogP contribution in [0, 0.1) is 5.82 Å². The summed E-state index contributed by atoms with van der Waals surface area (Å²) in [6.45, 7) is 3.38. The number of ether oxygens (including phenoxy) is 3. The van der Waals surface area contributed by atoms with Crippen LogP contribution in [0.3, 0.4) is 0 Å². The van der Waals surface area contributed by atoms with E-state index in [4.69, 9.17) is 14.2 Å². The first-order valence-electron chi connectivity index (χ1n) is 6.85. The quantitative estimate of drug-likeness (QED) is 0.813. The molecule has 0 atom stereocenters. The van der Waals surface area contributed by atoms with Crippen molar-refractivity contribution in [1.82, 2.24) is 0 Å². The molecular weight excluding hydrogens is 303 g/mol. The number of halogens is 1. The third-order valence-electron chi connectivity index (χ3n) is 3.01. The number of carboxylic acid groups (broad SMARTS) is 1. The molecule has 0 fully saturated rings. The molecule has 0 aliphatic heterocycles. The Balaban J connectivity index is 2.35. The van der Waals surface area contributed by atoms with E-state index in [-0.39, 0.29) is 22.8 Å². The van der Waals surface area contributed by atoms with E-state index in [9.17, 15) is 14.3 Å². The van der Waals surface area contributed by atoms with Crippen molar-refractivity contribution in [2.75, 3.05) is 7.11 Å². The minimum atomic E-state index is -1.13. The zero-order valence-corrected chi connectivity index (χ0v) is 13.0. The van der Waals surface area contributed by atoms with Gasteiger partial charge in [-0.3, -0.25) is 0 Å². The molecular formula is C17H17FO5. The lowest BCUT2D eigenvalue weighted by Crippen LogP contribution is -2.30. The summed E-state index contributed by atoms with van der Waals surface area (Å²) >= 11 is 0. The lowest BCUT2D eigenvalue weighted by Gasteiger charge is -2.25. The van der Waals surface area contributed by atoms with E-state index < -0.39 is 17.6 Å². The van der Waals surface area contributed by atoms with E-state index >= 15 is 0 Å². The standard InChI is InChI=1S/C17H17FO5/c1-17(2,21-3)23-15-8-11(16(19)20)7-14(10-15)22-13-6-4-5-12(18)9-13/h4-10H,1-3H3,(H,19,20). The molecule has 0 saturated carbocycles. The molecule has 2 rings (SSSR count). The van der Waals surface area contributed by atoms with Gasteiger partial charge in [-0.05, 0) is 24.3 Å². The first-order valence-corrected chi connectivity index (χ1v) is 6.85. The summed E-state index contributed by atoms with van der Waals surface area (Å²) < 4.78 is 29.5. The van der Waals surface area contributed by atoms with Gasteiger partial charge in [-0.1, -0.05) is 6.07 Å². The average molecular weight is 320 g/mol. The van der Waals surface area contributed by atoms with E-state index in [0.717, 1.165) is 0 Å². The Morgan fingerprint density at radius 3 is 2.39 bits per heavy atom. The average Bonchev–Trinajstić information content (AvgIpc) is 2.46. The van der Waals surface area contributed by atoms with Crippen LogP contribution in [0.5, 0.6) is 17.2 Å². The molecule has 5 nitrogen and oxygen atoms in total. The van der Waals surface area contributed by atoms with Crippen LogP contribution >= 0.6 is 0 Å². The van der Waals surface area contributed by atoms with E-state index in [1.807, 2.05) is 0 Å². The van der Waals surface area contributed by atoms with Crippen LogP contribution < -0.4 is 9.47 Å². The number of carboxylic acids is 1. The van der Waals surface area contributed by atoms with Crippen molar-refractivity contribution >= 4 is 5.97 Å². The normalized spacial score (nSPS) is 11.1. The highest BCUT2D eigenvalue weighted by molar-refractivity contribution is 5.88. The molecule has 0 spiro atoms. The SMILES string of the molecule is COC(C)(C)Oc1cc(Oc2cccc(F)c2)cc(C(=O)O)c1. The van der Waals surface area contributed by atoms with Crippen molar-refractivity contribution in [2.24, 2.45) is 0 Å². The fraction of sp³-hybridized carbons (Fsp3) is 0.235. The summed E-state index contributed by atoms with van der Waals surface area (Å²) in [5.41, 5.74) is -0.0131. The first kappa shape index (κ1) is 16.8. The molecule has 0 radical (unpaired) electrons. The van der Waals surface area contributed by atoms with Gasteiger partial charge in [-0.25, -0.2) is 9.18 Å². The Morgan fingerprint density at radius 2 is 1.78 bits per heavy atom. The van der Waals surface area contributed by atoms with Crippen molar-refractivity contribution < 1.29 is 28.5 Å². The molecule has 0 unspecified atom stereocenters. The number of carbonyl (C=O) groups is 1. The van der Waals surface area contributed by atoms with Gasteiger partial charge in [0.05, 0.1) is 5.56 Å². The maximum atomic E-state index is 13.2. The number of benzene rings is 2. The summed E-state index contributed by atoms with van der Waals surface area (Å²) in [6, 6.07) is 9.76. The Morgan fingerprint density at radius 1 is 1.09 bits per heavy atom. The van der Waals surface area contributed by atoms with Gasteiger partial charge in [0, 0.05) is 33.1 Å². The van der Waals surface area contributed by atoms with Crippen LogP contribution in [-0.2, 0) is 4.74 Å². The Kier molecular flexibility index (Phi) is 4.86.